The summed E-state index contributed by atoms with van der Waals surface area (Å²) in [7, 11) is 0. The molecule has 1 aromatic carbocycles. The lowest BCUT2D eigenvalue weighted by Gasteiger charge is -2.19. The maximum absolute atomic E-state index is 12.5. The Labute approximate surface area is 146 Å². The molecule has 3 amide bonds. The van der Waals surface area contributed by atoms with Crippen molar-refractivity contribution in [3.8, 4) is 0 Å². The number of urea groups is 1. The molecule has 7 heteroatoms. The van der Waals surface area contributed by atoms with Crippen molar-refractivity contribution in [1.29, 1.82) is 0 Å². The van der Waals surface area contributed by atoms with Gasteiger partial charge in [-0.3, -0.25) is 14.5 Å². The van der Waals surface area contributed by atoms with Crippen molar-refractivity contribution in [2.75, 3.05) is 23.3 Å². The molecular formula is C18H23N3O4. The lowest BCUT2D eigenvalue weighted by Crippen LogP contribution is -2.29. The maximum atomic E-state index is 12.5. The number of aliphatic carboxylic acids is 1. The van der Waals surface area contributed by atoms with E-state index in [4.69, 9.17) is 0 Å². The summed E-state index contributed by atoms with van der Waals surface area (Å²) in [6.45, 7) is 6.73. The lowest BCUT2D eigenvalue weighted by molar-refractivity contribution is -0.147. The second-order valence-electron chi connectivity index (χ2n) is 7.13. The van der Waals surface area contributed by atoms with Crippen LogP contribution in [-0.2, 0) is 9.59 Å². The van der Waals surface area contributed by atoms with E-state index in [1.165, 1.54) is 0 Å². The highest BCUT2D eigenvalue weighted by Gasteiger charge is 2.65. The zero-order chi connectivity index (χ0) is 18.4. The van der Waals surface area contributed by atoms with Crippen LogP contribution >= 0.6 is 0 Å². The van der Waals surface area contributed by atoms with Crippen LogP contribution in [0.25, 0.3) is 0 Å². The molecule has 2 atom stereocenters. The molecule has 25 heavy (non-hydrogen) atoms. The maximum Gasteiger partial charge on any atom is 0.322 e. The second kappa shape index (κ2) is 6.06. The molecule has 0 aromatic heterocycles. The van der Waals surface area contributed by atoms with E-state index in [1.807, 2.05) is 26.8 Å². The number of rotatable bonds is 5. The molecule has 134 valence electrons. The minimum Gasteiger partial charge on any atom is -0.481 e. The topological polar surface area (TPSA) is 98.7 Å². The Bertz CT molecular complexity index is 746. The smallest absolute Gasteiger partial charge is 0.322 e. The Morgan fingerprint density at radius 1 is 1.40 bits per heavy atom. The van der Waals surface area contributed by atoms with Crippen LogP contribution in [0.1, 0.15) is 25.8 Å². The summed E-state index contributed by atoms with van der Waals surface area (Å²) < 4.78 is 0. The summed E-state index contributed by atoms with van der Waals surface area (Å²) in [5.41, 5.74) is 1.28. The fourth-order valence-electron chi connectivity index (χ4n) is 3.64. The molecule has 0 spiro atoms. The number of carboxylic acids is 1. The number of carbonyl (C=O) groups is 3. The number of hydrogen-bond acceptors (Lipinski definition) is 3. The van der Waals surface area contributed by atoms with Gasteiger partial charge < -0.3 is 15.7 Å². The van der Waals surface area contributed by atoms with Crippen molar-refractivity contribution < 1.29 is 19.5 Å². The molecule has 1 saturated heterocycles. The van der Waals surface area contributed by atoms with Crippen LogP contribution in [0.2, 0.25) is 0 Å². The van der Waals surface area contributed by atoms with E-state index < -0.39 is 17.3 Å². The van der Waals surface area contributed by atoms with Gasteiger partial charge in [0.2, 0.25) is 5.91 Å². The third kappa shape index (κ3) is 2.83. The summed E-state index contributed by atoms with van der Waals surface area (Å²) in [6.07, 6.45) is 0.360. The molecule has 1 aliphatic carbocycles. The minimum absolute atomic E-state index is 0.109. The molecule has 1 aromatic rings. The van der Waals surface area contributed by atoms with Crippen molar-refractivity contribution in [2.45, 2.75) is 27.2 Å². The minimum atomic E-state index is -0.966. The van der Waals surface area contributed by atoms with Crippen LogP contribution < -0.4 is 15.5 Å². The first-order valence-electron chi connectivity index (χ1n) is 8.47. The average Bonchev–Trinajstić information content (AvgIpc) is 3.20. The number of amides is 3. The molecule has 1 heterocycles. The molecule has 2 aliphatic rings. The zero-order valence-electron chi connectivity index (χ0n) is 14.6. The van der Waals surface area contributed by atoms with Gasteiger partial charge in [0.1, 0.15) is 0 Å². The van der Waals surface area contributed by atoms with E-state index in [0.29, 0.717) is 25.2 Å². The second-order valence-corrected chi connectivity index (χ2v) is 7.13. The Kier molecular flexibility index (Phi) is 4.18. The summed E-state index contributed by atoms with van der Waals surface area (Å²) in [6, 6.07) is 5.22. The Morgan fingerprint density at radius 3 is 2.64 bits per heavy atom. The van der Waals surface area contributed by atoms with Crippen LogP contribution in [-0.4, -0.2) is 36.1 Å². The van der Waals surface area contributed by atoms with Gasteiger partial charge in [0.25, 0.3) is 0 Å². The van der Waals surface area contributed by atoms with E-state index >= 15 is 0 Å². The van der Waals surface area contributed by atoms with E-state index in [0.717, 1.165) is 11.3 Å². The van der Waals surface area contributed by atoms with Gasteiger partial charge in [-0.2, -0.15) is 0 Å². The van der Waals surface area contributed by atoms with E-state index in [9.17, 15) is 19.5 Å². The molecule has 0 radical (unpaired) electrons. The van der Waals surface area contributed by atoms with E-state index in [1.54, 1.807) is 17.0 Å². The summed E-state index contributed by atoms with van der Waals surface area (Å²) in [4.78, 5) is 37.6. The Hall–Kier alpha value is -2.57. The van der Waals surface area contributed by atoms with Gasteiger partial charge >= 0.3 is 12.0 Å². The molecule has 0 bridgehead atoms. The number of anilines is 2. The van der Waals surface area contributed by atoms with Crippen LogP contribution in [0, 0.1) is 24.2 Å². The molecule has 3 rings (SSSR count). The zero-order valence-corrected chi connectivity index (χ0v) is 14.6. The quantitative estimate of drug-likeness (QED) is 0.762. The van der Waals surface area contributed by atoms with Crippen molar-refractivity contribution in [3.05, 3.63) is 23.8 Å². The number of benzene rings is 1. The lowest BCUT2D eigenvalue weighted by atomic mass is 9.89. The fraction of sp³-hybridized carbons (Fsp3) is 0.500. The number of aryl methyl sites for hydroxylation is 1. The first-order valence-corrected chi connectivity index (χ1v) is 8.47. The van der Waals surface area contributed by atoms with Gasteiger partial charge in [-0.25, -0.2) is 4.79 Å². The third-order valence-corrected chi connectivity index (χ3v) is 5.37. The van der Waals surface area contributed by atoms with Gasteiger partial charge in [-0.05, 0) is 37.0 Å². The SMILES string of the molecule is Cc1ccc(NC(=O)C2CC2(C(=O)O)C(C)C)cc1N1CCNC1=O. The van der Waals surface area contributed by atoms with Crippen molar-refractivity contribution in [2.24, 2.45) is 17.3 Å². The van der Waals surface area contributed by atoms with Crippen LogP contribution in [0.5, 0.6) is 0 Å². The molecular weight excluding hydrogens is 322 g/mol. The summed E-state index contributed by atoms with van der Waals surface area (Å²) in [5.74, 6) is -1.83. The average molecular weight is 345 g/mol. The molecule has 1 aliphatic heterocycles. The number of nitrogens with zero attached hydrogens (tertiary/aromatic N) is 1. The highest BCUT2D eigenvalue weighted by atomic mass is 16.4. The van der Waals surface area contributed by atoms with Gasteiger partial charge in [0.05, 0.1) is 17.0 Å². The Morgan fingerprint density at radius 2 is 2.12 bits per heavy atom. The van der Waals surface area contributed by atoms with E-state index in [2.05, 4.69) is 10.6 Å². The number of nitrogens with one attached hydrogen (secondary N) is 2. The first-order chi connectivity index (χ1) is 11.8. The largest absolute Gasteiger partial charge is 0.481 e. The molecule has 3 N–H and O–H groups in total. The Balaban J connectivity index is 1.77. The van der Waals surface area contributed by atoms with Crippen LogP contribution in [0.15, 0.2) is 18.2 Å². The standard InChI is InChI=1S/C18H23N3O4/c1-10(2)18(16(23)24)9-13(18)15(22)20-12-5-4-11(3)14(8-12)21-7-6-19-17(21)25/h4-5,8,10,13H,6-7,9H2,1-3H3,(H,19,25)(H,20,22)(H,23,24). The number of carbonyl (C=O) groups excluding carboxylic acids is 2. The van der Waals surface area contributed by atoms with E-state index in [-0.39, 0.29) is 17.9 Å². The van der Waals surface area contributed by atoms with Gasteiger partial charge in [-0.15, -0.1) is 0 Å². The summed E-state index contributed by atoms with van der Waals surface area (Å²) >= 11 is 0. The van der Waals surface area contributed by atoms with Crippen molar-refractivity contribution >= 4 is 29.3 Å². The van der Waals surface area contributed by atoms with Gasteiger partial charge in [-0.1, -0.05) is 19.9 Å². The predicted octanol–water partition coefficient (Wildman–Crippen LogP) is 2.21. The number of carboxylic acid groups (broad SMARTS) is 1. The van der Waals surface area contributed by atoms with Gasteiger partial charge in [0, 0.05) is 18.8 Å². The summed E-state index contributed by atoms with van der Waals surface area (Å²) in [5, 5.41) is 15.0. The highest BCUT2D eigenvalue weighted by molar-refractivity contribution is 6.01. The molecule has 1 saturated carbocycles. The molecule has 7 nitrogen and oxygen atoms in total. The third-order valence-electron chi connectivity index (χ3n) is 5.37. The predicted molar refractivity (Wildman–Crippen MR) is 93.6 cm³/mol. The van der Waals surface area contributed by atoms with Gasteiger partial charge in [0.15, 0.2) is 0 Å². The van der Waals surface area contributed by atoms with Crippen LogP contribution in [0.4, 0.5) is 16.2 Å². The fourth-order valence-corrected chi connectivity index (χ4v) is 3.64. The molecule has 2 fully saturated rings. The monoisotopic (exact) mass is 345 g/mol. The normalized spacial score (nSPS) is 25.0. The van der Waals surface area contributed by atoms with Crippen LogP contribution in [0.3, 0.4) is 0 Å². The van der Waals surface area contributed by atoms with Crippen molar-refractivity contribution in [1.82, 2.24) is 5.32 Å². The van der Waals surface area contributed by atoms with Crippen molar-refractivity contribution in [3.63, 3.8) is 0 Å². The number of hydrogen-bond donors (Lipinski definition) is 3. The first kappa shape index (κ1) is 17.3. The highest BCUT2D eigenvalue weighted by Crippen LogP contribution is 2.58. The molecule has 2 unspecified atom stereocenters.